The van der Waals surface area contributed by atoms with E-state index in [0.717, 1.165) is 38.2 Å². The number of benzene rings is 1. The second-order valence-electron chi connectivity index (χ2n) is 7.34. The van der Waals surface area contributed by atoms with Crippen molar-refractivity contribution in [3.8, 4) is 23.1 Å². The van der Waals surface area contributed by atoms with E-state index in [9.17, 15) is 19.6 Å². The van der Waals surface area contributed by atoms with Crippen LogP contribution in [0.3, 0.4) is 0 Å². The Labute approximate surface area is 178 Å². The van der Waals surface area contributed by atoms with Gasteiger partial charge in [0.2, 0.25) is 0 Å². The van der Waals surface area contributed by atoms with Gasteiger partial charge in [-0.15, -0.1) is 12.4 Å². The average molecular weight is 430 g/mol. The number of nitrogens with zero attached hydrogens (tertiary/aromatic N) is 3. The highest BCUT2D eigenvalue weighted by Gasteiger charge is 2.27. The first-order chi connectivity index (χ1) is 14.0. The Kier molecular flexibility index (Phi) is 6.22. The number of fused-ring (bicyclic) bond motifs is 1. The number of aromatic nitrogens is 3. The van der Waals surface area contributed by atoms with Gasteiger partial charge < -0.3 is 10.4 Å². The Balaban J connectivity index is 0.00000256. The number of nitriles is 1. The van der Waals surface area contributed by atoms with Crippen molar-refractivity contribution in [2.24, 2.45) is 0 Å². The number of amides is 1. The highest BCUT2D eigenvalue weighted by molar-refractivity contribution is 6.10. The van der Waals surface area contributed by atoms with Crippen LogP contribution in [0, 0.1) is 24.1 Å². The molecule has 1 aromatic carbocycles. The molecule has 1 aliphatic carbocycles. The number of aromatic hydroxyl groups is 1. The van der Waals surface area contributed by atoms with Gasteiger partial charge in [0.25, 0.3) is 5.91 Å². The molecule has 3 aromatic rings. The summed E-state index contributed by atoms with van der Waals surface area (Å²) in [6.45, 7) is 1.75. The number of aryl methyl sites for hydroxylation is 1. The number of rotatable bonds is 3. The van der Waals surface area contributed by atoms with E-state index in [2.05, 4.69) is 20.5 Å². The van der Waals surface area contributed by atoms with Crippen LogP contribution in [0.25, 0.3) is 22.3 Å². The molecule has 156 valence electrons. The maximum Gasteiger partial charge on any atom is 0.253 e. The molecule has 3 N–H and O–H groups in total. The molecule has 0 saturated heterocycles. The molecule has 0 unspecified atom stereocenters. The molecule has 30 heavy (non-hydrogen) atoms. The van der Waals surface area contributed by atoms with Crippen molar-refractivity contribution in [1.29, 1.82) is 5.26 Å². The fraction of sp³-hybridized carbons (Fsp3) is 0.333. The van der Waals surface area contributed by atoms with Crippen LogP contribution >= 0.6 is 12.4 Å². The summed E-state index contributed by atoms with van der Waals surface area (Å²) in [6.07, 6.45) is 5.05. The average Bonchev–Trinajstić information content (AvgIpc) is 3.08. The maximum absolute atomic E-state index is 14.5. The summed E-state index contributed by atoms with van der Waals surface area (Å²) in [6, 6.07) is 5.67. The molecule has 2 aromatic heterocycles. The van der Waals surface area contributed by atoms with Crippen LogP contribution in [-0.4, -0.2) is 32.2 Å². The van der Waals surface area contributed by atoms with E-state index in [1.54, 1.807) is 6.92 Å². The quantitative estimate of drug-likeness (QED) is 0.579. The van der Waals surface area contributed by atoms with Gasteiger partial charge in [-0.25, -0.2) is 9.37 Å². The zero-order valence-corrected chi connectivity index (χ0v) is 17.1. The van der Waals surface area contributed by atoms with Crippen molar-refractivity contribution in [2.45, 2.75) is 45.1 Å². The Bertz CT molecular complexity index is 1150. The Morgan fingerprint density at radius 1 is 1.33 bits per heavy atom. The standard InChI is InChI=1S/C21H20FN5O2.ClH/c1-11-17-18(21(29)24-12-5-3-2-4-6-12)15(10-23)19(25-20(17)27-26-11)14-8-7-13(28)9-16(14)22;/h7-9,12,28H,2-6H2,1H3,(H,24,29)(H,25,26,27);1H. The van der Waals surface area contributed by atoms with Gasteiger partial charge in [0.1, 0.15) is 17.6 Å². The molecule has 0 bridgehead atoms. The number of nitrogens with one attached hydrogen (secondary N) is 2. The summed E-state index contributed by atoms with van der Waals surface area (Å²) in [5.41, 5.74) is 1.02. The molecule has 4 rings (SSSR count). The molecule has 0 spiro atoms. The van der Waals surface area contributed by atoms with E-state index in [0.29, 0.717) is 11.1 Å². The highest BCUT2D eigenvalue weighted by atomic mass is 35.5. The Morgan fingerprint density at radius 2 is 2.07 bits per heavy atom. The number of phenols is 1. The number of hydrogen-bond acceptors (Lipinski definition) is 5. The van der Waals surface area contributed by atoms with E-state index in [4.69, 9.17) is 0 Å². The number of aromatic amines is 1. The predicted octanol–water partition coefficient (Wildman–Crippen LogP) is 4.13. The van der Waals surface area contributed by atoms with Crippen molar-refractivity contribution in [2.75, 3.05) is 0 Å². The normalized spacial score (nSPS) is 14.2. The smallest absolute Gasteiger partial charge is 0.253 e. The third-order valence-electron chi connectivity index (χ3n) is 5.37. The SMILES string of the molecule is Cc1[nH]nc2nc(-c3ccc(O)cc3F)c(C#N)c(C(=O)NC3CCCCC3)c12.Cl. The molecular weight excluding hydrogens is 409 g/mol. The van der Waals surface area contributed by atoms with E-state index >= 15 is 0 Å². The lowest BCUT2D eigenvalue weighted by Gasteiger charge is -2.23. The van der Waals surface area contributed by atoms with Crippen molar-refractivity contribution in [3.63, 3.8) is 0 Å². The third-order valence-corrected chi connectivity index (χ3v) is 5.37. The monoisotopic (exact) mass is 429 g/mol. The molecule has 2 heterocycles. The molecule has 1 aliphatic rings. The minimum absolute atomic E-state index is 0. The van der Waals surface area contributed by atoms with Crippen LogP contribution in [0.5, 0.6) is 5.75 Å². The number of phenolic OH excluding ortho intramolecular Hbond substituents is 1. The lowest BCUT2D eigenvalue weighted by Crippen LogP contribution is -2.36. The second kappa shape index (κ2) is 8.67. The van der Waals surface area contributed by atoms with Gasteiger partial charge in [-0.1, -0.05) is 19.3 Å². The number of halogens is 2. The summed E-state index contributed by atoms with van der Waals surface area (Å²) >= 11 is 0. The van der Waals surface area contributed by atoms with Crippen LogP contribution in [0.1, 0.15) is 53.7 Å². The third kappa shape index (κ3) is 3.81. The van der Waals surface area contributed by atoms with Gasteiger partial charge in [-0.05, 0) is 31.9 Å². The minimum Gasteiger partial charge on any atom is -0.508 e. The molecule has 9 heteroatoms. The fourth-order valence-corrected chi connectivity index (χ4v) is 3.93. The topological polar surface area (TPSA) is 115 Å². The molecule has 0 aliphatic heterocycles. The minimum atomic E-state index is -0.737. The van der Waals surface area contributed by atoms with Gasteiger partial charge in [0.05, 0.1) is 22.2 Å². The first-order valence-electron chi connectivity index (χ1n) is 9.58. The van der Waals surface area contributed by atoms with E-state index in [1.165, 1.54) is 12.1 Å². The zero-order valence-electron chi connectivity index (χ0n) is 16.3. The number of carbonyl (C=O) groups excluding carboxylic acids is 1. The predicted molar refractivity (Wildman–Crippen MR) is 112 cm³/mol. The molecule has 7 nitrogen and oxygen atoms in total. The van der Waals surface area contributed by atoms with Crippen LogP contribution in [0.4, 0.5) is 4.39 Å². The van der Waals surface area contributed by atoms with Gasteiger partial charge in [0.15, 0.2) is 5.65 Å². The van der Waals surface area contributed by atoms with Crippen LogP contribution in [-0.2, 0) is 0 Å². The van der Waals surface area contributed by atoms with Crippen LogP contribution in [0.2, 0.25) is 0 Å². The lowest BCUT2D eigenvalue weighted by atomic mass is 9.94. The van der Waals surface area contributed by atoms with E-state index < -0.39 is 5.82 Å². The Morgan fingerprint density at radius 3 is 2.73 bits per heavy atom. The summed E-state index contributed by atoms with van der Waals surface area (Å²) in [4.78, 5) is 17.6. The zero-order chi connectivity index (χ0) is 20.5. The summed E-state index contributed by atoms with van der Waals surface area (Å²) < 4.78 is 14.5. The van der Waals surface area contributed by atoms with Crippen molar-refractivity contribution >= 4 is 29.3 Å². The van der Waals surface area contributed by atoms with E-state index in [1.807, 2.05) is 6.07 Å². The number of hydrogen-bond donors (Lipinski definition) is 3. The summed E-state index contributed by atoms with van der Waals surface area (Å²) in [5, 5.41) is 29.8. The Hall–Kier alpha value is -3.18. The molecular formula is C21H21ClFN5O2. The van der Waals surface area contributed by atoms with Crippen LogP contribution in [0.15, 0.2) is 18.2 Å². The van der Waals surface area contributed by atoms with Gasteiger partial charge in [-0.3, -0.25) is 9.89 Å². The molecule has 1 amide bonds. The van der Waals surface area contributed by atoms with Gasteiger partial charge >= 0.3 is 0 Å². The number of carbonyl (C=O) groups is 1. The van der Waals surface area contributed by atoms with E-state index in [-0.39, 0.29) is 58.1 Å². The molecule has 0 atom stereocenters. The summed E-state index contributed by atoms with van der Waals surface area (Å²) in [5.74, 6) is -1.36. The van der Waals surface area contributed by atoms with Crippen LogP contribution < -0.4 is 5.32 Å². The van der Waals surface area contributed by atoms with Gasteiger partial charge in [-0.2, -0.15) is 10.4 Å². The van der Waals surface area contributed by atoms with Crippen molar-refractivity contribution in [3.05, 3.63) is 40.8 Å². The second-order valence-corrected chi connectivity index (χ2v) is 7.34. The van der Waals surface area contributed by atoms with Gasteiger partial charge in [0, 0.05) is 23.4 Å². The molecule has 0 radical (unpaired) electrons. The lowest BCUT2D eigenvalue weighted by molar-refractivity contribution is 0.0929. The molecule has 1 saturated carbocycles. The molecule has 1 fully saturated rings. The first-order valence-corrected chi connectivity index (χ1v) is 9.58. The highest BCUT2D eigenvalue weighted by Crippen LogP contribution is 2.33. The fourth-order valence-electron chi connectivity index (χ4n) is 3.93. The maximum atomic E-state index is 14.5. The number of pyridine rings is 1. The van der Waals surface area contributed by atoms with Crippen molar-refractivity contribution < 1.29 is 14.3 Å². The number of H-pyrrole nitrogens is 1. The summed E-state index contributed by atoms with van der Waals surface area (Å²) in [7, 11) is 0. The first kappa shape index (κ1) is 21.5. The largest absolute Gasteiger partial charge is 0.508 e. The van der Waals surface area contributed by atoms with Crippen molar-refractivity contribution in [1.82, 2.24) is 20.5 Å².